The fourth-order valence-corrected chi connectivity index (χ4v) is 1.72. The molecular weight excluding hydrogens is 244 g/mol. The van der Waals surface area contributed by atoms with E-state index in [9.17, 15) is 4.79 Å². The van der Waals surface area contributed by atoms with Crippen LogP contribution in [-0.4, -0.2) is 17.5 Å². The predicted octanol–water partition coefficient (Wildman–Crippen LogP) is 2.31. The summed E-state index contributed by atoms with van der Waals surface area (Å²) in [5.41, 5.74) is 1.39. The molecule has 2 rings (SSSR count). The van der Waals surface area contributed by atoms with E-state index in [1.165, 1.54) is 6.26 Å². The van der Waals surface area contributed by atoms with Gasteiger partial charge in [-0.1, -0.05) is 6.07 Å². The highest BCUT2D eigenvalue weighted by Crippen LogP contribution is 2.14. The van der Waals surface area contributed by atoms with Crippen molar-refractivity contribution in [2.24, 2.45) is 0 Å². The Bertz CT molecular complexity index is 563. The minimum atomic E-state index is -0.169. The second kappa shape index (κ2) is 6.04. The summed E-state index contributed by atoms with van der Waals surface area (Å²) in [6.07, 6.45) is 3.16. The van der Waals surface area contributed by atoms with Gasteiger partial charge in [0.2, 0.25) is 5.88 Å². The molecule has 0 fully saturated rings. The van der Waals surface area contributed by atoms with E-state index < -0.39 is 0 Å². The first kappa shape index (κ1) is 13.1. The molecule has 0 aromatic carbocycles. The molecule has 0 aliphatic carbocycles. The first-order valence-electron chi connectivity index (χ1n) is 6.11. The summed E-state index contributed by atoms with van der Waals surface area (Å²) in [7, 11) is 0. The number of carbonyl (C=O) groups is 1. The summed E-state index contributed by atoms with van der Waals surface area (Å²) in [6, 6.07) is 5.34. The lowest BCUT2D eigenvalue weighted by Crippen LogP contribution is -2.23. The molecule has 2 aromatic heterocycles. The van der Waals surface area contributed by atoms with Gasteiger partial charge in [0.25, 0.3) is 5.91 Å². The first-order chi connectivity index (χ1) is 9.22. The lowest BCUT2D eigenvalue weighted by atomic mass is 10.2. The lowest BCUT2D eigenvalue weighted by Gasteiger charge is -2.09. The van der Waals surface area contributed by atoms with E-state index in [1.807, 2.05) is 19.1 Å². The second-order valence-electron chi connectivity index (χ2n) is 3.97. The zero-order chi connectivity index (χ0) is 13.7. The van der Waals surface area contributed by atoms with Crippen molar-refractivity contribution < 1.29 is 13.9 Å². The minimum absolute atomic E-state index is 0.169. The Kier molecular flexibility index (Phi) is 4.18. The number of furan rings is 1. The van der Waals surface area contributed by atoms with Crippen LogP contribution in [0.25, 0.3) is 0 Å². The molecule has 0 bridgehead atoms. The average molecular weight is 260 g/mol. The van der Waals surface area contributed by atoms with Crippen molar-refractivity contribution in [3.63, 3.8) is 0 Å². The highest BCUT2D eigenvalue weighted by Gasteiger charge is 2.12. The smallest absolute Gasteiger partial charge is 0.255 e. The third-order valence-electron chi connectivity index (χ3n) is 2.67. The van der Waals surface area contributed by atoms with Crippen LogP contribution in [0.2, 0.25) is 0 Å². The Morgan fingerprint density at radius 1 is 1.47 bits per heavy atom. The van der Waals surface area contributed by atoms with E-state index in [0.29, 0.717) is 30.4 Å². The molecule has 2 aromatic rings. The summed E-state index contributed by atoms with van der Waals surface area (Å²) in [5.74, 6) is 0.987. The molecule has 0 aliphatic heterocycles. The number of rotatable bonds is 5. The van der Waals surface area contributed by atoms with Gasteiger partial charge in [0, 0.05) is 18.3 Å². The third kappa shape index (κ3) is 3.13. The molecule has 1 amide bonds. The third-order valence-corrected chi connectivity index (χ3v) is 2.67. The maximum absolute atomic E-state index is 11.9. The summed E-state index contributed by atoms with van der Waals surface area (Å²) in [5, 5.41) is 2.82. The first-order valence-corrected chi connectivity index (χ1v) is 6.11. The maximum Gasteiger partial charge on any atom is 0.255 e. The molecule has 5 nitrogen and oxygen atoms in total. The van der Waals surface area contributed by atoms with Gasteiger partial charge in [0.15, 0.2) is 0 Å². The highest BCUT2D eigenvalue weighted by atomic mass is 16.5. The number of amides is 1. The van der Waals surface area contributed by atoms with Gasteiger partial charge in [0.05, 0.1) is 18.4 Å². The highest BCUT2D eigenvalue weighted by molar-refractivity contribution is 5.94. The van der Waals surface area contributed by atoms with Crippen molar-refractivity contribution in [2.45, 2.75) is 20.4 Å². The normalized spacial score (nSPS) is 10.2. The molecule has 0 saturated heterocycles. The molecule has 100 valence electrons. The van der Waals surface area contributed by atoms with Crippen LogP contribution >= 0.6 is 0 Å². The number of pyridine rings is 1. The van der Waals surface area contributed by atoms with Gasteiger partial charge in [-0.15, -0.1) is 0 Å². The summed E-state index contributed by atoms with van der Waals surface area (Å²) in [4.78, 5) is 16.1. The van der Waals surface area contributed by atoms with Crippen LogP contribution in [0.5, 0.6) is 5.88 Å². The SMILES string of the molecule is CCOc1ncccc1CNC(=O)c1ccoc1C. The van der Waals surface area contributed by atoms with Crippen molar-refractivity contribution in [3.8, 4) is 5.88 Å². The second-order valence-corrected chi connectivity index (χ2v) is 3.97. The lowest BCUT2D eigenvalue weighted by molar-refractivity contribution is 0.0949. The van der Waals surface area contributed by atoms with Crippen LogP contribution in [0.3, 0.4) is 0 Å². The number of aromatic nitrogens is 1. The van der Waals surface area contributed by atoms with Crippen LogP contribution < -0.4 is 10.1 Å². The van der Waals surface area contributed by atoms with Crippen LogP contribution in [0, 0.1) is 6.92 Å². The van der Waals surface area contributed by atoms with E-state index in [0.717, 1.165) is 5.56 Å². The molecular formula is C14H16N2O3. The molecule has 0 aliphatic rings. The summed E-state index contributed by atoms with van der Waals surface area (Å²) in [6.45, 7) is 4.56. The molecule has 0 spiro atoms. The standard InChI is InChI=1S/C14H16N2O3/c1-3-18-14-11(5-4-7-15-14)9-16-13(17)12-6-8-19-10(12)2/h4-8H,3,9H2,1-2H3,(H,16,17). The Hall–Kier alpha value is -2.30. The van der Waals surface area contributed by atoms with Crippen LogP contribution in [0.4, 0.5) is 0 Å². The van der Waals surface area contributed by atoms with E-state index in [1.54, 1.807) is 19.2 Å². The van der Waals surface area contributed by atoms with E-state index >= 15 is 0 Å². The zero-order valence-corrected chi connectivity index (χ0v) is 11.0. The van der Waals surface area contributed by atoms with Gasteiger partial charge in [-0.3, -0.25) is 4.79 Å². The van der Waals surface area contributed by atoms with Crippen LogP contribution in [0.15, 0.2) is 35.1 Å². The van der Waals surface area contributed by atoms with Gasteiger partial charge in [0.1, 0.15) is 5.76 Å². The van der Waals surface area contributed by atoms with Crippen molar-refractivity contribution in [3.05, 3.63) is 47.5 Å². The van der Waals surface area contributed by atoms with E-state index in [-0.39, 0.29) is 5.91 Å². The average Bonchev–Trinajstić information content (AvgIpc) is 2.84. The number of hydrogen-bond donors (Lipinski definition) is 1. The molecule has 1 N–H and O–H groups in total. The number of carbonyl (C=O) groups excluding carboxylic acids is 1. The summed E-state index contributed by atoms with van der Waals surface area (Å²) < 4.78 is 10.5. The fraction of sp³-hybridized carbons (Fsp3) is 0.286. The van der Waals surface area contributed by atoms with Crippen molar-refractivity contribution in [2.75, 3.05) is 6.61 Å². The van der Waals surface area contributed by atoms with Crippen molar-refractivity contribution in [1.29, 1.82) is 0 Å². The van der Waals surface area contributed by atoms with Crippen LogP contribution in [-0.2, 0) is 6.54 Å². The Morgan fingerprint density at radius 2 is 2.32 bits per heavy atom. The topological polar surface area (TPSA) is 64.4 Å². The Balaban J connectivity index is 2.03. The minimum Gasteiger partial charge on any atom is -0.478 e. The number of ether oxygens (including phenoxy) is 1. The van der Waals surface area contributed by atoms with E-state index in [4.69, 9.17) is 9.15 Å². The number of nitrogens with one attached hydrogen (secondary N) is 1. The van der Waals surface area contributed by atoms with Crippen molar-refractivity contribution in [1.82, 2.24) is 10.3 Å². The molecule has 0 radical (unpaired) electrons. The predicted molar refractivity (Wildman–Crippen MR) is 70.0 cm³/mol. The maximum atomic E-state index is 11.9. The number of hydrogen-bond acceptors (Lipinski definition) is 4. The van der Waals surface area contributed by atoms with Gasteiger partial charge in [-0.2, -0.15) is 0 Å². The van der Waals surface area contributed by atoms with Crippen molar-refractivity contribution >= 4 is 5.91 Å². The largest absolute Gasteiger partial charge is 0.478 e. The molecule has 0 atom stereocenters. The Labute approximate surface area is 111 Å². The van der Waals surface area contributed by atoms with E-state index in [2.05, 4.69) is 10.3 Å². The van der Waals surface area contributed by atoms with Gasteiger partial charge in [-0.05, 0) is 26.0 Å². The Morgan fingerprint density at radius 3 is 3.00 bits per heavy atom. The van der Waals surface area contributed by atoms with Gasteiger partial charge < -0.3 is 14.5 Å². The number of aryl methyl sites for hydroxylation is 1. The quantitative estimate of drug-likeness (QED) is 0.896. The monoisotopic (exact) mass is 260 g/mol. The zero-order valence-electron chi connectivity index (χ0n) is 11.0. The van der Waals surface area contributed by atoms with Gasteiger partial charge >= 0.3 is 0 Å². The molecule has 5 heteroatoms. The molecule has 0 saturated carbocycles. The molecule has 19 heavy (non-hydrogen) atoms. The van der Waals surface area contributed by atoms with Gasteiger partial charge in [-0.25, -0.2) is 4.98 Å². The number of nitrogens with zero attached hydrogens (tertiary/aromatic N) is 1. The summed E-state index contributed by atoms with van der Waals surface area (Å²) >= 11 is 0. The molecule has 0 unspecified atom stereocenters. The fourth-order valence-electron chi connectivity index (χ4n) is 1.72. The molecule has 2 heterocycles. The van der Waals surface area contributed by atoms with Crippen LogP contribution in [0.1, 0.15) is 28.6 Å².